The summed E-state index contributed by atoms with van der Waals surface area (Å²) in [7, 11) is 0. The van der Waals surface area contributed by atoms with Crippen LogP contribution in [0, 0.1) is 11.6 Å². The van der Waals surface area contributed by atoms with Gasteiger partial charge in [-0.1, -0.05) is 15.9 Å². The Labute approximate surface area is 127 Å². The maximum absolute atomic E-state index is 13.9. The van der Waals surface area contributed by atoms with Gasteiger partial charge in [-0.05, 0) is 30.3 Å². The molecule has 0 aliphatic rings. The van der Waals surface area contributed by atoms with Crippen molar-refractivity contribution in [2.75, 3.05) is 11.1 Å². The minimum Gasteiger partial charge on any atom is -0.398 e. The fourth-order valence-electron chi connectivity index (χ4n) is 2.12. The van der Waals surface area contributed by atoms with E-state index in [1.807, 2.05) is 0 Å². The average molecular weight is 350 g/mol. The number of rotatable bonds is 2. The Morgan fingerprint density at radius 2 is 1.76 bits per heavy atom. The van der Waals surface area contributed by atoms with Crippen molar-refractivity contribution in [2.24, 2.45) is 0 Å². The third kappa shape index (κ3) is 2.54. The monoisotopic (exact) mass is 349 g/mol. The second-order valence-electron chi connectivity index (χ2n) is 4.49. The highest BCUT2D eigenvalue weighted by Crippen LogP contribution is 2.32. The van der Waals surface area contributed by atoms with Gasteiger partial charge in [0.1, 0.15) is 5.69 Å². The molecular formula is C15H10BrF2N3. The summed E-state index contributed by atoms with van der Waals surface area (Å²) in [5.74, 6) is -1.37. The lowest BCUT2D eigenvalue weighted by Crippen LogP contribution is -1.99. The molecule has 0 spiro atoms. The standard InChI is InChI=1S/C15H10BrF2N3/c16-8-5-11(17)15(12(18)6-8)21-14-2-1-13(19)9-3-4-20-7-10(9)14/h1-7,21H,19H2. The quantitative estimate of drug-likeness (QED) is 0.664. The summed E-state index contributed by atoms with van der Waals surface area (Å²) in [6.45, 7) is 0. The molecule has 0 saturated heterocycles. The van der Waals surface area contributed by atoms with E-state index in [-0.39, 0.29) is 5.69 Å². The molecule has 106 valence electrons. The van der Waals surface area contributed by atoms with E-state index >= 15 is 0 Å². The van der Waals surface area contributed by atoms with Crippen LogP contribution < -0.4 is 11.1 Å². The first kappa shape index (κ1) is 13.8. The van der Waals surface area contributed by atoms with E-state index in [9.17, 15) is 8.78 Å². The predicted octanol–water partition coefficient (Wildman–Crippen LogP) is 4.60. The van der Waals surface area contributed by atoms with Crippen molar-refractivity contribution in [3.05, 3.63) is 58.8 Å². The molecule has 2 aromatic carbocycles. The van der Waals surface area contributed by atoms with Gasteiger partial charge >= 0.3 is 0 Å². The van der Waals surface area contributed by atoms with Crippen LogP contribution in [0.3, 0.4) is 0 Å². The average Bonchev–Trinajstić information content (AvgIpc) is 2.45. The van der Waals surface area contributed by atoms with Gasteiger partial charge < -0.3 is 11.1 Å². The second-order valence-corrected chi connectivity index (χ2v) is 5.41. The minimum absolute atomic E-state index is 0.215. The Morgan fingerprint density at radius 3 is 2.48 bits per heavy atom. The normalized spacial score (nSPS) is 10.8. The number of nitrogens with zero attached hydrogens (tertiary/aromatic N) is 1. The molecule has 3 nitrogen and oxygen atoms in total. The van der Waals surface area contributed by atoms with Crippen LogP contribution in [-0.2, 0) is 0 Å². The number of fused-ring (bicyclic) bond motifs is 1. The number of pyridine rings is 1. The van der Waals surface area contributed by atoms with Gasteiger partial charge in [-0.15, -0.1) is 0 Å². The molecule has 1 heterocycles. The molecule has 0 aliphatic heterocycles. The van der Waals surface area contributed by atoms with Crippen molar-refractivity contribution < 1.29 is 8.78 Å². The lowest BCUT2D eigenvalue weighted by atomic mass is 10.1. The number of nitrogens with one attached hydrogen (secondary N) is 1. The van der Waals surface area contributed by atoms with E-state index in [1.165, 1.54) is 12.1 Å². The van der Waals surface area contributed by atoms with E-state index in [1.54, 1.807) is 30.6 Å². The van der Waals surface area contributed by atoms with Crippen LogP contribution in [0.4, 0.5) is 25.8 Å². The molecule has 3 N–H and O–H groups in total. The number of nitrogens with two attached hydrogens (primary N) is 1. The first-order valence-electron chi connectivity index (χ1n) is 6.10. The molecular weight excluding hydrogens is 340 g/mol. The molecule has 0 atom stereocenters. The molecule has 21 heavy (non-hydrogen) atoms. The summed E-state index contributed by atoms with van der Waals surface area (Å²) in [6.07, 6.45) is 3.21. The fraction of sp³-hybridized carbons (Fsp3) is 0. The highest BCUT2D eigenvalue weighted by atomic mass is 79.9. The van der Waals surface area contributed by atoms with Gasteiger partial charge in [-0.25, -0.2) is 8.78 Å². The van der Waals surface area contributed by atoms with E-state index in [4.69, 9.17) is 5.73 Å². The Hall–Kier alpha value is -2.21. The Bertz CT molecular complexity index is 813. The van der Waals surface area contributed by atoms with Gasteiger partial charge in [0.2, 0.25) is 0 Å². The van der Waals surface area contributed by atoms with Crippen molar-refractivity contribution in [1.29, 1.82) is 0 Å². The summed E-state index contributed by atoms with van der Waals surface area (Å²) in [5, 5.41) is 4.24. The molecule has 3 rings (SSSR count). The van der Waals surface area contributed by atoms with Crippen LogP contribution in [0.1, 0.15) is 0 Å². The van der Waals surface area contributed by atoms with E-state index in [2.05, 4.69) is 26.2 Å². The Balaban J connectivity index is 2.13. The van der Waals surface area contributed by atoms with Crippen LogP contribution in [0.2, 0.25) is 0 Å². The van der Waals surface area contributed by atoms with E-state index in [0.717, 1.165) is 5.39 Å². The largest absolute Gasteiger partial charge is 0.398 e. The maximum atomic E-state index is 13.9. The van der Waals surface area contributed by atoms with Gasteiger partial charge in [-0.2, -0.15) is 0 Å². The van der Waals surface area contributed by atoms with Gasteiger partial charge in [0.25, 0.3) is 0 Å². The zero-order valence-electron chi connectivity index (χ0n) is 10.7. The van der Waals surface area contributed by atoms with Crippen LogP contribution in [-0.4, -0.2) is 4.98 Å². The molecule has 0 amide bonds. The summed E-state index contributed by atoms with van der Waals surface area (Å²) in [6, 6.07) is 7.50. The van der Waals surface area contributed by atoms with Crippen LogP contribution in [0.5, 0.6) is 0 Å². The van der Waals surface area contributed by atoms with Crippen molar-refractivity contribution in [1.82, 2.24) is 4.98 Å². The molecule has 0 aliphatic carbocycles. The smallest absolute Gasteiger partial charge is 0.150 e. The highest BCUT2D eigenvalue weighted by Gasteiger charge is 2.12. The summed E-state index contributed by atoms with van der Waals surface area (Å²) < 4.78 is 28.1. The molecule has 6 heteroatoms. The summed E-state index contributed by atoms with van der Waals surface area (Å²) >= 11 is 3.05. The van der Waals surface area contributed by atoms with Crippen LogP contribution >= 0.6 is 15.9 Å². The third-order valence-corrected chi connectivity index (χ3v) is 3.58. The minimum atomic E-state index is -0.684. The molecule has 0 unspecified atom stereocenters. The summed E-state index contributed by atoms with van der Waals surface area (Å²) in [4.78, 5) is 4.02. The molecule has 1 aromatic heterocycles. The lowest BCUT2D eigenvalue weighted by Gasteiger charge is -2.12. The van der Waals surface area contributed by atoms with Gasteiger partial charge in [-0.3, -0.25) is 4.98 Å². The lowest BCUT2D eigenvalue weighted by molar-refractivity contribution is 0.589. The van der Waals surface area contributed by atoms with Crippen LogP contribution in [0.25, 0.3) is 10.8 Å². The zero-order valence-corrected chi connectivity index (χ0v) is 12.3. The first-order valence-corrected chi connectivity index (χ1v) is 6.89. The molecule has 0 fully saturated rings. The second kappa shape index (κ2) is 5.29. The Kier molecular flexibility index (Phi) is 3.47. The van der Waals surface area contributed by atoms with Crippen molar-refractivity contribution in [3.63, 3.8) is 0 Å². The van der Waals surface area contributed by atoms with E-state index in [0.29, 0.717) is 21.2 Å². The van der Waals surface area contributed by atoms with Gasteiger partial charge in [0.05, 0.1) is 0 Å². The predicted molar refractivity (Wildman–Crippen MR) is 83.5 cm³/mol. The zero-order chi connectivity index (χ0) is 15.0. The van der Waals surface area contributed by atoms with Crippen molar-refractivity contribution >= 4 is 43.8 Å². The number of benzene rings is 2. The Morgan fingerprint density at radius 1 is 1.05 bits per heavy atom. The van der Waals surface area contributed by atoms with Gasteiger partial charge in [0, 0.05) is 39.0 Å². The molecule has 0 radical (unpaired) electrons. The van der Waals surface area contributed by atoms with Crippen molar-refractivity contribution in [3.8, 4) is 0 Å². The van der Waals surface area contributed by atoms with Crippen LogP contribution in [0.15, 0.2) is 47.2 Å². The third-order valence-electron chi connectivity index (χ3n) is 3.12. The maximum Gasteiger partial charge on any atom is 0.150 e. The summed E-state index contributed by atoms with van der Waals surface area (Å²) in [5.41, 5.74) is 6.79. The molecule has 3 aromatic rings. The number of halogens is 3. The number of hydrogen-bond donors (Lipinski definition) is 2. The molecule has 0 saturated carbocycles. The van der Waals surface area contributed by atoms with Gasteiger partial charge in [0.15, 0.2) is 11.6 Å². The van der Waals surface area contributed by atoms with Crippen molar-refractivity contribution in [2.45, 2.75) is 0 Å². The highest BCUT2D eigenvalue weighted by molar-refractivity contribution is 9.10. The van der Waals surface area contributed by atoms with E-state index < -0.39 is 11.6 Å². The number of aromatic nitrogens is 1. The number of hydrogen-bond acceptors (Lipinski definition) is 3. The fourth-order valence-corrected chi connectivity index (χ4v) is 2.52. The molecule has 0 bridgehead atoms. The number of nitrogen functional groups attached to an aromatic ring is 1. The number of anilines is 3. The topological polar surface area (TPSA) is 50.9 Å². The SMILES string of the molecule is Nc1ccc(Nc2c(F)cc(Br)cc2F)c2cnccc12. The first-order chi connectivity index (χ1) is 10.1.